The zero-order valence-corrected chi connectivity index (χ0v) is 16.1. The van der Waals surface area contributed by atoms with E-state index in [2.05, 4.69) is 0 Å². The first-order chi connectivity index (χ1) is 15.1. The van der Waals surface area contributed by atoms with Gasteiger partial charge in [-0.3, -0.25) is 19.7 Å². The Kier molecular flexibility index (Phi) is 5.09. The number of nitro groups is 1. The highest BCUT2D eigenvalue weighted by Crippen LogP contribution is 2.38. The van der Waals surface area contributed by atoms with Crippen LogP contribution >= 0.6 is 0 Å². The van der Waals surface area contributed by atoms with E-state index in [0.29, 0.717) is 28.8 Å². The number of hydrogen-bond acceptors (Lipinski definition) is 5. The molecule has 0 N–H and O–H groups in total. The highest BCUT2D eigenvalue weighted by atomic mass is 19.4. The van der Waals surface area contributed by atoms with Gasteiger partial charge in [0.05, 0.1) is 16.1 Å². The minimum atomic E-state index is -4.73. The second-order valence-electron chi connectivity index (χ2n) is 6.87. The third-order valence-electron chi connectivity index (χ3n) is 4.81. The molecule has 0 atom stereocenters. The maximum atomic E-state index is 12.8. The molecule has 0 unspecified atom stereocenters. The average Bonchev–Trinajstić information content (AvgIpc) is 2.99. The third kappa shape index (κ3) is 3.87. The van der Waals surface area contributed by atoms with Crippen LogP contribution in [0.5, 0.6) is 11.5 Å². The van der Waals surface area contributed by atoms with Gasteiger partial charge < -0.3 is 4.74 Å². The average molecular weight is 439 g/mol. The van der Waals surface area contributed by atoms with Gasteiger partial charge in [0.15, 0.2) is 11.6 Å². The molecule has 0 heterocycles. The molecule has 0 radical (unpaired) electrons. The molecule has 160 valence electrons. The van der Waals surface area contributed by atoms with E-state index in [4.69, 9.17) is 4.74 Å². The Bertz CT molecular complexity index is 1260. The lowest BCUT2D eigenvalue weighted by Crippen LogP contribution is -2.06. The molecule has 0 aromatic heterocycles. The summed E-state index contributed by atoms with van der Waals surface area (Å²) in [5, 5.41) is 11.2. The van der Waals surface area contributed by atoms with Crippen molar-refractivity contribution in [2.75, 3.05) is 0 Å². The normalized spacial score (nSPS) is 13.2. The molecule has 1 aliphatic carbocycles. The molecule has 6 nitrogen and oxygen atoms in total. The summed E-state index contributed by atoms with van der Waals surface area (Å²) in [5.74, 6) is -0.995. The molecule has 0 aliphatic heterocycles. The van der Waals surface area contributed by atoms with Crippen molar-refractivity contribution < 1.29 is 32.4 Å². The summed E-state index contributed by atoms with van der Waals surface area (Å²) in [6.45, 7) is 0. The standard InChI is InChI=1S/C23H12F3NO5/c24-23(25,26)14-7-10-20(19(12-14)27(30)31)32-15-8-5-13(6-9-15)11-18-21(28)16-3-1-2-4-17(16)22(18)29/h1-12H. The highest BCUT2D eigenvalue weighted by molar-refractivity contribution is 6.41. The minimum absolute atomic E-state index is 0.0123. The zero-order valence-electron chi connectivity index (χ0n) is 16.1. The number of ether oxygens (including phenoxy) is 1. The summed E-state index contributed by atoms with van der Waals surface area (Å²) in [6.07, 6.45) is -3.30. The van der Waals surface area contributed by atoms with Gasteiger partial charge in [0, 0.05) is 17.2 Å². The van der Waals surface area contributed by atoms with Crippen LogP contribution in [0, 0.1) is 10.1 Å². The summed E-state index contributed by atoms with van der Waals surface area (Å²) >= 11 is 0. The van der Waals surface area contributed by atoms with Crippen LogP contribution in [-0.2, 0) is 6.18 Å². The first-order valence-electron chi connectivity index (χ1n) is 9.19. The number of Topliss-reactive ketones (excluding diaryl/α,β-unsaturated/α-hetero) is 2. The number of nitro benzene ring substituents is 1. The van der Waals surface area contributed by atoms with E-state index in [1.54, 1.807) is 24.3 Å². The van der Waals surface area contributed by atoms with E-state index < -0.39 is 22.4 Å². The van der Waals surface area contributed by atoms with Crippen molar-refractivity contribution in [1.82, 2.24) is 0 Å². The SMILES string of the molecule is O=C1C(=Cc2ccc(Oc3ccc(C(F)(F)F)cc3[N+](=O)[O-])cc2)C(=O)c2ccccc21. The Morgan fingerprint density at radius 1 is 0.875 bits per heavy atom. The van der Waals surface area contributed by atoms with E-state index in [1.807, 2.05) is 0 Å². The maximum Gasteiger partial charge on any atom is 0.416 e. The van der Waals surface area contributed by atoms with Crippen LogP contribution in [0.4, 0.5) is 18.9 Å². The first kappa shape index (κ1) is 21.0. The lowest BCUT2D eigenvalue weighted by molar-refractivity contribution is -0.385. The highest BCUT2D eigenvalue weighted by Gasteiger charge is 2.34. The van der Waals surface area contributed by atoms with Gasteiger partial charge in [0.25, 0.3) is 0 Å². The molecule has 0 saturated heterocycles. The summed E-state index contributed by atoms with van der Waals surface area (Å²) in [6, 6.07) is 14.3. The van der Waals surface area contributed by atoms with Gasteiger partial charge in [0.2, 0.25) is 5.75 Å². The van der Waals surface area contributed by atoms with Crippen molar-refractivity contribution in [2.24, 2.45) is 0 Å². The Morgan fingerprint density at radius 3 is 2.00 bits per heavy atom. The van der Waals surface area contributed by atoms with Gasteiger partial charge in [-0.25, -0.2) is 0 Å². The number of carbonyl (C=O) groups excluding carboxylic acids is 2. The second kappa shape index (κ2) is 7.77. The molecule has 0 fully saturated rings. The molecule has 0 amide bonds. The quantitative estimate of drug-likeness (QED) is 0.220. The number of hydrogen-bond donors (Lipinski definition) is 0. The molecule has 1 aliphatic rings. The lowest BCUT2D eigenvalue weighted by Gasteiger charge is -2.10. The summed E-state index contributed by atoms with van der Waals surface area (Å²) < 4.78 is 43.9. The molecule has 32 heavy (non-hydrogen) atoms. The molecule has 3 aromatic carbocycles. The van der Waals surface area contributed by atoms with Crippen LogP contribution < -0.4 is 4.74 Å². The van der Waals surface area contributed by atoms with Crippen molar-refractivity contribution in [3.8, 4) is 11.5 Å². The Labute approximate surface area is 178 Å². The first-order valence-corrected chi connectivity index (χ1v) is 9.19. The largest absolute Gasteiger partial charge is 0.450 e. The van der Waals surface area contributed by atoms with Crippen LogP contribution in [0.15, 0.2) is 72.3 Å². The van der Waals surface area contributed by atoms with Crippen LogP contribution in [0.2, 0.25) is 0 Å². The van der Waals surface area contributed by atoms with Gasteiger partial charge in [-0.15, -0.1) is 0 Å². The predicted octanol–water partition coefficient (Wildman–Crippen LogP) is 5.87. The van der Waals surface area contributed by atoms with E-state index >= 15 is 0 Å². The fourth-order valence-electron chi connectivity index (χ4n) is 3.25. The fraction of sp³-hybridized carbons (Fsp3) is 0.0435. The molecular formula is C23H12F3NO5. The Hall–Kier alpha value is -4.27. The number of allylic oxidation sites excluding steroid dienone is 1. The molecule has 9 heteroatoms. The van der Waals surface area contributed by atoms with Crippen molar-refractivity contribution in [3.05, 3.63) is 105 Å². The third-order valence-corrected chi connectivity index (χ3v) is 4.81. The van der Waals surface area contributed by atoms with E-state index in [-0.39, 0.29) is 28.6 Å². The number of nitrogens with zero attached hydrogens (tertiary/aromatic N) is 1. The summed E-state index contributed by atoms with van der Waals surface area (Å²) in [4.78, 5) is 35.1. The Balaban J connectivity index is 1.58. The maximum absolute atomic E-state index is 12.8. The van der Waals surface area contributed by atoms with Crippen molar-refractivity contribution in [2.45, 2.75) is 6.18 Å². The van der Waals surface area contributed by atoms with Crippen molar-refractivity contribution in [1.29, 1.82) is 0 Å². The number of halogens is 3. The molecule has 0 saturated carbocycles. The van der Waals surface area contributed by atoms with Crippen LogP contribution in [-0.4, -0.2) is 16.5 Å². The van der Waals surface area contributed by atoms with Crippen molar-refractivity contribution in [3.63, 3.8) is 0 Å². The second-order valence-corrected chi connectivity index (χ2v) is 6.87. The predicted molar refractivity (Wildman–Crippen MR) is 108 cm³/mol. The van der Waals surface area contributed by atoms with Gasteiger partial charge in [-0.05, 0) is 35.9 Å². The van der Waals surface area contributed by atoms with E-state index in [0.717, 1.165) is 6.07 Å². The molecular weight excluding hydrogens is 427 g/mol. The minimum Gasteiger partial charge on any atom is -0.450 e. The van der Waals surface area contributed by atoms with Gasteiger partial charge in [-0.1, -0.05) is 36.4 Å². The zero-order chi connectivity index (χ0) is 23.0. The number of ketones is 2. The lowest BCUT2D eigenvalue weighted by atomic mass is 10.1. The molecule has 0 spiro atoms. The fourth-order valence-corrected chi connectivity index (χ4v) is 3.25. The smallest absolute Gasteiger partial charge is 0.416 e. The van der Waals surface area contributed by atoms with E-state index in [9.17, 15) is 32.9 Å². The summed E-state index contributed by atoms with van der Waals surface area (Å²) in [7, 11) is 0. The number of alkyl halides is 3. The monoisotopic (exact) mass is 439 g/mol. The van der Waals surface area contributed by atoms with E-state index in [1.165, 1.54) is 30.3 Å². The number of fused-ring (bicyclic) bond motifs is 1. The molecule has 4 rings (SSSR count). The number of carbonyl (C=O) groups is 2. The topological polar surface area (TPSA) is 86.5 Å². The molecule has 3 aromatic rings. The van der Waals surface area contributed by atoms with Crippen LogP contribution in [0.1, 0.15) is 31.8 Å². The van der Waals surface area contributed by atoms with Gasteiger partial charge >= 0.3 is 11.9 Å². The summed E-state index contributed by atoms with van der Waals surface area (Å²) in [5.41, 5.74) is -0.810. The van der Waals surface area contributed by atoms with Gasteiger partial charge in [0.1, 0.15) is 5.75 Å². The van der Waals surface area contributed by atoms with Gasteiger partial charge in [-0.2, -0.15) is 13.2 Å². The molecule has 0 bridgehead atoms. The van der Waals surface area contributed by atoms with Crippen molar-refractivity contribution >= 4 is 23.3 Å². The van der Waals surface area contributed by atoms with Crippen LogP contribution in [0.25, 0.3) is 6.08 Å². The van der Waals surface area contributed by atoms with Crippen LogP contribution in [0.3, 0.4) is 0 Å². The number of benzene rings is 3. The Morgan fingerprint density at radius 2 is 1.47 bits per heavy atom. The number of rotatable bonds is 4.